The summed E-state index contributed by atoms with van der Waals surface area (Å²) in [4.78, 5) is 37.9. The zero-order valence-electron chi connectivity index (χ0n) is 14.1. The molecule has 2 aromatic heterocycles. The van der Waals surface area contributed by atoms with Crippen molar-refractivity contribution < 1.29 is 9.59 Å². The maximum atomic E-state index is 12.9. The van der Waals surface area contributed by atoms with Gasteiger partial charge in [-0.15, -0.1) is 11.3 Å². The Balaban J connectivity index is 1.54. The lowest BCUT2D eigenvalue weighted by molar-refractivity contribution is 0.0569. The Hall–Kier alpha value is -2.28. The first-order valence-corrected chi connectivity index (χ1v) is 9.43. The van der Waals surface area contributed by atoms with Crippen LogP contribution in [0.5, 0.6) is 0 Å². The molecule has 130 valence electrons. The molecule has 6 nitrogen and oxygen atoms in total. The third-order valence-electron chi connectivity index (χ3n) is 4.98. The SMILES string of the molecule is Cc1nc(C(=O)N2CC3CCC2CN(C(=O)c2ccccn2)C3)cs1. The van der Waals surface area contributed by atoms with Gasteiger partial charge in [-0.2, -0.15) is 0 Å². The minimum atomic E-state index is -0.0451. The van der Waals surface area contributed by atoms with Crippen LogP contribution in [0.1, 0.15) is 38.8 Å². The van der Waals surface area contributed by atoms with Crippen LogP contribution in [0.15, 0.2) is 29.8 Å². The molecule has 2 bridgehead atoms. The zero-order chi connectivity index (χ0) is 17.4. The van der Waals surface area contributed by atoms with Crippen molar-refractivity contribution in [3.8, 4) is 0 Å². The molecule has 5 rings (SSSR count). The molecule has 25 heavy (non-hydrogen) atoms. The lowest BCUT2D eigenvalue weighted by Crippen LogP contribution is -2.47. The molecule has 3 saturated heterocycles. The van der Waals surface area contributed by atoms with Gasteiger partial charge in [-0.25, -0.2) is 4.98 Å². The van der Waals surface area contributed by atoms with E-state index in [2.05, 4.69) is 9.97 Å². The molecular formula is C18H20N4O2S. The summed E-state index contributed by atoms with van der Waals surface area (Å²) in [6.07, 6.45) is 3.63. The summed E-state index contributed by atoms with van der Waals surface area (Å²) in [5, 5.41) is 2.72. The summed E-state index contributed by atoms with van der Waals surface area (Å²) in [7, 11) is 0. The lowest BCUT2D eigenvalue weighted by atomic mass is 9.95. The largest absolute Gasteiger partial charge is 0.335 e. The van der Waals surface area contributed by atoms with Gasteiger partial charge in [-0.05, 0) is 37.8 Å². The van der Waals surface area contributed by atoms with E-state index in [0.29, 0.717) is 36.9 Å². The van der Waals surface area contributed by atoms with Crippen molar-refractivity contribution in [2.24, 2.45) is 5.92 Å². The van der Waals surface area contributed by atoms with Crippen LogP contribution in [0.2, 0.25) is 0 Å². The number of hydrogen-bond acceptors (Lipinski definition) is 5. The van der Waals surface area contributed by atoms with Crippen LogP contribution in [0.4, 0.5) is 0 Å². The summed E-state index contributed by atoms with van der Waals surface area (Å²) in [6, 6.07) is 5.43. The average Bonchev–Trinajstić information content (AvgIpc) is 2.88. The Labute approximate surface area is 150 Å². The van der Waals surface area contributed by atoms with Crippen LogP contribution in [0.3, 0.4) is 0 Å². The van der Waals surface area contributed by atoms with E-state index in [1.165, 1.54) is 11.3 Å². The molecule has 2 amide bonds. The van der Waals surface area contributed by atoms with E-state index in [1.54, 1.807) is 18.3 Å². The molecule has 5 heterocycles. The normalized spacial score (nSPS) is 22.8. The topological polar surface area (TPSA) is 66.4 Å². The molecule has 3 aliphatic heterocycles. The highest BCUT2D eigenvalue weighted by Crippen LogP contribution is 2.30. The van der Waals surface area contributed by atoms with E-state index < -0.39 is 0 Å². The van der Waals surface area contributed by atoms with Gasteiger partial charge in [0.15, 0.2) is 0 Å². The molecule has 3 fully saturated rings. The van der Waals surface area contributed by atoms with Crippen LogP contribution in [0, 0.1) is 12.8 Å². The fraction of sp³-hybridized carbons (Fsp3) is 0.444. The predicted octanol–water partition coefficient (Wildman–Crippen LogP) is 2.22. The monoisotopic (exact) mass is 356 g/mol. The molecule has 3 aliphatic rings. The maximum absolute atomic E-state index is 12.9. The summed E-state index contributed by atoms with van der Waals surface area (Å²) >= 11 is 1.49. The molecule has 0 aromatic carbocycles. The highest BCUT2D eigenvalue weighted by molar-refractivity contribution is 7.09. The second kappa shape index (κ2) is 6.55. The first kappa shape index (κ1) is 16.2. The van der Waals surface area contributed by atoms with Crippen LogP contribution < -0.4 is 0 Å². The molecule has 2 unspecified atom stereocenters. The molecule has 7 heteroatoms. The van der Waals surface area contributed by atoms with Crippen molar-refractivity contribution in [1.82, 2.24) is 19.8 Å². The van der Waals surface area contributed by atoms with Gasteiger partial charge in [0.25, 0.3) is 11.8 Å². The van der Waals surface area contributed by atoms with E-state index in [0.717, 1.165) is 17.8 Å². The predicted molar refractivity (Wildman–Crippen MR) is 94.5 cm³/mol. The van der Waals surface area contributed by atoms with Gasteiger partial charge in [0.1, 0.15) is 11.4 Å². The van der Waals surface area contributed by atoms with Crippen molar-refractivity contribution >= 4 is 23.2 Å². The van der Waals surface area contributed by atoms with Crippen molar-refractivity contribution in [3.05, 3.63) is 46.2 Å². The Morgan fingerprint density at radius 3 is 2.72 bits per heavy atom. The van der Waals surface area contributed by atoms with Gasteiger partial charge in [0.05, 0.1) is 5.01 Å². The number of amides is 2. The number of fused-ring (bicyclic) bond motifs is 4. The van der Waals surface area contributed by atoms with E-state index in [-0.39, 0.29) is 17.9 Å². The van der Waals surface area contributed by atoms with Crippen LogP contribution in [-0.4, -0.2) is 57.3 Å². The molecule has 0 saturated carbocycles. The third kappa shape index (κ3) is 3.16. The minimum Gasteiger partial charge on any atom is -0.335 e. The number of carbonyl (C=O) groups is 2. The van der Waals surface area contributed by atoms with E-state index in [4.69, 9.17) is 0 Å². The maximum Gasteiger partial charge on any atom is 0.273 e. The number of aryl methyl sites for hydroxylation is 1. The number of hydrogen-bond donors (Lipinski definition) is 0. The third-order valence-corrected chi connectivity index (χ3v) is 5.76. The molecule has 0 aliphatic carbocycles. The van der Waals surface area contributed by atoms with E-state index in [1.807, 2.05) is 28.2 Å². The van der Waals surface area contributed by atoms with E-state index in [9.17, 15) is 9.59 Å². The Kier molecular flexibility index (Phi) is 4.25. The Morgan fingerprint density at radius 1 is 1.12 bits per heavy atom. The van der Waals surface area contributed by atoms with Gasteiger partial charge >= 0.3 is 0 Å². The standard InChI is InChI=1S/C18H20N4O2S/c1-12-20-16(11-25-12)18(24)22-9-13-5-6-14(22)10-21(8-13)17(23)15-4-2-3-7-19-15/h2-4,7,11,13-14H,5-6,8-10H2,1H3. The van der Waals surface area contributed by atoms with Gasteiger partial charge in [-0.1, -0.05) is 6.07 Å². The van der Waals surface area contributed by atoms with Crippen LogP contribution in [0.25, 0.3) is 0 Å². The zero-order valence-corrected chi connectivity index (χ0v) is 14.9. The van der Waals surface area contributed by atoms with Crippen LogP contribution in [-0.2, 0) is 0 Å². The number of thiazole rings is 1. The van der Waals surface area contributed by atoms with Gasteiger partial charge < -0.3 is 9.80 Å². The number of rotatable bonds is 2. The summed E-state index contributed by atoms with van der Waals surface area (Å²) in [5.74, 6) is 0.262. The van der Waals surface area contributed by atoms with E-state index >= 15 is 0 Å². The Morgan fingerprint density at radius 2 is 2.00 bits per heavy atom. The number of aromatic nitrogens is 2. The van der Waals surface area contributed by atoms with Crippen molar-refractivity contribution in [2.75, 3.05) is 19.6 Å². The Bertz CT molecular complexity index is 791. The minimum absolute atomic E-state index is 0.00816. The highest BCUT2D eigenvalue weighted by Gasteiger charge is 2.39. The summed E-state index contributed by atoms with van der Waals surface area (Å²) in [5.41, 5.74) is 0.995. The quantitative estimate of drug-likeness (QED) is 0.828. The fourth-order valence-electron chi connectivity index (χ4n) is 3.76. The molecule has 0 radical (unpaired) electrons. The highest BCUT2D eigenvalue weighted by atomic mass is 32.1. The number of carbonyl (C=O) groups excluding carboxylic acids is 2. The molecule has 2 aromatic rings. The van der Waals surface area contributed by atoms with Gasteiger partial charge in [0, 0.05) is 37.3 Å². The summed E-state index contributed by atoms with van der Waals surface area (Å²) in [6.45, 7) is 3.86. The second-order valence-corrected chi connectivity index (χ2v) is 7.79. The number of nitrogens with zero attached hydrogens (tertiary/aromatic N) is 4. The molecule has 2 atom stereocenters. The van der Waals surface area contributed by atoms with Gasteiger partial charge in [-0.3, -0.25) is 14.6 Å². The number of piperidine rings is 1. The molecular weight excluding hydrogens is 336 g/mol. The summed E-state index contributed by atoms with van der Waals surface area (Å²) < 4.78 is 0. The smallest absolute Gasteiger partial charge is 0.273 e. The molecule has 0 spiro atoms. The number of pyridine rings is 1. The second-order valence-electron chi connectivity index (χ2n) is 6.73. The molecule has 0 N–H and O–H groups in total. The first-order chi connectivity index (χ1) is 12.1. The average molecular weight is 356 g/mol. The lowest BCUT2D eigenvalue weighted by Gasteiger charge is -2.35. The van der Waals surface area contributed by atoms with Gasteiger partial charge in [0.2, 0.25) is 0 Å². The fourth-order valence-corrected chi connectivity index (χ4v) is 4.34. The van der Waals surface area contributed by atoms with Crippen molar-refractivity contribution in [2.45, 2.75) is 25.8 Å². The van der Waals surface area contributed by atoms with Crippen LogP contribution >= 0.6 is 11.3 Å². The van der Waals surface area contributed by atoms with Crippen molar-refractivity contribution in [3.63, 3.8) is 0 Å². The first-order valence-electron chi connectivity index (χ1n) is 8.55. The van der Waals surface area contributed by atoms with Crippen molar-refractivity contribution in [1.29, 1.82) is 0 Å².